The summed E-state index contributed by atoms with van der Waals surface area (Å²) in [5.41, 5.74) is 4.62. The fourth-order valence-corrected chi connectivity index (χ4v) is 0.0797. The van der Waals surface area contributed by atoms with Crippen LogP contribution in [0, 0.1) is 0 Å². The minimum absolute atomic E-state index is 0.655. The summed E-state index contributed by atoms with van der Waals surface area (Å²) in [6.07, 6.45) is -2.61. The van der Waals surface area contributed by atoms with E-state index in [-0.39, 0.29) is 0 Å². The minimum Gasteiger partial charge on any atom is -0.395 e. The third kappa shape index (κ3) is 2.47. The van der Waals surface area contributed by atoms with Crippen LogP contribution in [0.1, 0.15) is 0 Å². The first-order valence-corrected chi connectivity index (χ1v) is 1.83. The zero-order valence-corrected chi connectivity index (χ0v) is 3.64. The van der Waals surface area contributed by atoms with Crippen LogP contribution < -0.4 is 5.73 Å². The van der Waals surface area contributed by atoms with Gasteiger partial charge in [-0.3, -0.25) is 0 Å². The Morgan fingerprint density at radius 1 is 1.57 bits per heavy atom. The number of aliphatic hydroxyl groups excluding tert-OH is 1. The van der Waals surface area contributed by atoms with E-state index in [0.717, 1.165) is 0 Å². The molecule has 0 aromatic heterocycles. The number of hydrogen-bond donors (Lipinski definition) is 2. The van der Waals surface area contributed by atoms with Crippen LogP contribution >= 0.6 is 0 Å². The van der Waals surface area contributed by atoms with E-state index in [4.69, 9.17) is 5.11 Å². The highest BCUT2D eigenvalue weighted by molar-refractivity contribution is 4.59. The van der Waals surface area contributed by atoms with Crippen molar-refractivity contribution in [1.29, 1.82) is 0 Å². The number of hydrogen-bond acceptors (Lipinski definition) is 2. The number of rotatable bonds is 2. The summed E-state index contributed by atoms with van der Waals surface area (Å²) in [4.78, 5) is 0. The molecule has 0 aliphatic carbocycles. The number of nitrogens with two attached hydrogens (primary N) is 1. The molecular weight excluding hydrogens is 104 g/mol. The van der Waals surface area contributed by atoms with Gasteiger partial charge in [-0.25, -0.2) is 8.78 Å². The van der Waals surface area contributed by atoms with Crippen molar-refractivity contribution in [2.24, 2.45) is 5.73 Å². The maximum Gasteiger partial charge on any atom is 0.255 e. The van der Waals surface area contributed by atoms with E-state index in [2.05, 4.69) is 5.73 Å². The smallest absolute Gasteiger partial charge is 0.255 e. The monoisotopic (exact) mass is 111 g/mol. The molecule has 0 bridgehead atoms. The summed E-state index contributed by atoms with van der Waals surface area (Å²) in [7, 11) is 0. The SMILES string of the molecule is N[C@@H](CO)C(F)F. The molecule has 0 heterocycles. The number of alkyl halides is 2. The Morgan fingerprint density at radius 2 is 2.00 bits per heavy atom. The van der Waals surface area contributed by atoms with Gasteiger partial charge in [0.15, 0.2) is 0 Å². The zero-order valence-electron chi connectivity index (χ0n) is 3.64. The summed E-state index contributed by atoms with van der Waals surface area (Å²) in [5.74, 6) is 0. The van der Waals surface area contributed by atoms with Gasteiger partial charge < -0.3 is 10.8 Å². The first-order valence-electron chi connectivity index (χ1n) is 1.83. The molecule has 0 aliphatic heterocycles. The molecule has 44 valence electrons. The molecule has 2 nitrogen and oxygen atoms in total. The second-order valence-electron chi connectivity index (χ2n) is 1.18. The van der Waals surface area contributed by atoms with E-state index < -0.39 is 19.1 Å². The lowest BCUT2D eigenvalue weighted by Crippen LogP contribution is -2.32. The Bertz CT molecular complexity index is 50.2. The summed E-state index contributed by atoms with van der Waals surface area (Å²) in [6, 6.07) is -1.38. The fourth-order valence-electron chi connectivity index (χ4n) is 0.0797. The molecule has 0 rings (SSSR count). The molecule has 4 heteroatoms. The van der Waals surface area contributed by atoms with Crippen LogP contribution in [0.3, 0.4) is 0 Å². The van der Waals surface area contributed by atoms with Gasteiger partial charge in [0.05, 0.1) is 12.6 Å². The van der Waals surface area contributed by atoms with Crippen molar-refractivity contribution in [3.63, 3.8) is 0 Å². The fraction of sp³-hybridized carbons (Fsp3) is 1.00. The van der Waals surface area contributed by atoms with E-state index in [9.17, 15) is 8.78 Å². The van der Waals surface area contributed by atoms with E-state index >= 15 is 0 Å². The topological polar surface area (TPSA) is 46.2 Å². The van der Waals surface area contributed by atoms with Gasteiger partial charge in [0, 0.05) is 0 Å². The first kappa shape index (κ1) is 6.78. The maximum absolute atomic E-state index is 11.1. The van der Waals surface area contributed by atoms with E-state index in [0.29, 0.717) is 0 Å². The van der Waals surface area contributed by atoms with E-state index in [1.54, 1.807) is 0 Å². The Morgan fingerprint density at radius 3 is 2.00 bits per heavy atom. The van der Waals surface area contributed by atoms with Crippen LogP contribution in [0.4, 0.5) is 8.78 Å². The second kappa shape index (κ2) is 2.87. The van der Waals surface area contributed by atoms with Crippen molar-refractivity contribution in [1.82, 2.24) is 0 Å². The lowest BCUT2D eigenvalue weighted by atomic mass is 10.4. The van der Waals surface area contributed by atoms with Crippen molar-refractivity contribution >= 4 is 0 Å². The molecule has 0 amide bonds. The Kier molecular flexibility index (Phi) is 2.78. The van der Waals surface area contributed by atoms with Crippen molar-refractivity contribution < 1.29 is 13.9 Å². The lowest BCUT2D eigenvalue weighted by Gasteiger charge is -2.02. The van der Waals surface area contributed by atoms with Crippen molar-refractivity contribution in [2.75, 3.05) is 6.61 Å². The summed E-state index contributed by atoms with van der Waals surface area (Å²) < 4.78 is 22.3. The first-order chi connectivity index (χ1) is 3.18. The van der Waals surface area contributed by atoms with Crippen LogP contribution in [0.2, 0.25) is 0 Å². The molecule has 7 heavy (non-hydrogen) atoms. The van der Waals surface area contributed by atoms with Crippen LogP contribution in [-0.4, -0.2) is 24.2 Å². The van der Waals surface area contributed by atoms with Gasteiger partial charge in [0.1, 0.15) is 0 Å². The standard InChI is InChI=1S/C3H7F2NO/c4-3(5)2(6)1-7/h2-3,7H,1,6H2/t2-/m0/s1. The highest BCUT2D eigenvalue weighted by Gasteiger charge is 2.11. The molecular formula is C3H7F2NO. The molecule has 1 atom stereocenters. The van der Waals surface area contributed by atoms with Gasteiger partial charge in [-0.1, -0.05) is 0 Å². The number of halogens is 2. The highest BCUT2D eigenvalue weighted by atomic mass is 19.3. The number of aliphatic hydroxyl groups is 1. The lowest BCUT2D eigenvalue weighted by molar-refractivity contribution is 0.0838. The van der Waals surface area contributed by atoms with Crippen LogP contribution in [0.5, 0.6) is 0 Å². The predicted molar refractivity (Wildman–Crippen MR) is 21.1 cm³/mol. The van der Waals surface area contributed by atoms with Gasteiger partial charge >= 0.3 is 0 Å². The van der Waals surface area contributed by atoms with E-state index in [1.807, 2.05) is 0 Å². The molecule has 0 aromatic carbocycles. The molecule has 3 N–H and O–H groups in total. The average molecular weight is 111 g/mol. The van der Waals surface area contributed by atoms with Gasteiger partial charge in [-0.05, 0) is 0 Å². The zero-order chi connectivity index (χ0) is 5.86. The normalized spacial score (nSPS) is 15.0. The Hall–Kier alpha value is -0.220. The highest BCUT2D eigenvalue weighted by Crippen LogP contribution is 1.94. The van der Waals surface area contributed by atoms with Crippen molar-refractivity contribution in [3.05, 3.63) is 0 Å². The van der Waals surface area contributed by atoms with Crippen LogP contribution in [0.25, 0.3) is 0 Å². The molecule has 0 aliphatic rings. The maximum atomic E-state index is 11.1. The molecule has 0 aromatic rings. The molecule has 0 fully saturated rings. The Balaban J connectivity index is 3.14. The molecule has 0 radical (unpaired) electrons. The Labute approximate surface area is 39.9 Å². The van der Waals surface area contributed by atoms with Crippen molar-refractivity contribution in [2.45, 2.75) is 12.5 Å². The predicted octanol–water partition coefficient (Wildman–Crippen LogP) is -0.429. The van der Waals surface area contributed by atoms with Gasteiger partial charge in [0.2, 0.25) is 0 Å². The van der Waals surface area contributed by atoms with E-state index in [1.165, 1.54) is 0 Å². The van der Waals surface area contributed by atoms with Crippen LogP contribution in [0.15, 0.2) is 0 Å². The van der Waals surface area contributed by atoms with Gasteiger partial charge in [-0.2, -0.15) is 0 Å². The summed E-state index contributed by atoms with van der Waals surface area (Å²) >= 11 is 0. The molecule has 0 saturated heterocycles. The summed E-state index contributed by atoms with van der Waals surface area (Å²) in [5, 5.41) is 7.90. The average Bonchev–Trinajstić information content (AvgIpc) is 1.65. The van der Waals surface area contributed by atoms with Crippen molar-refractivity contribution in [3.8, 4) is 0 Å². The largest absolute Gasteiger partial charge is 0.395 e. The quantitative estimate of drug-likeness (QED) is 0.508. The third-order valence-corrected chi connectivity index (χ3v) is 0.534. The molecule has 0 saturated carbocycles. The minimum atomic E-state index is -2.61. The summed E-state index contributed by atoms with van der Waals surface area (Å²) in [6.45, 7) is -0.655. The van der Waals surface area contributed by atoms with Gasteiger partial charge in [0.25, 0.3) is 6.43 Å². The van der Waals surface area contributed by atoms with Crippen LogP contribution in [-0.2, 0) is 0 Å². The van der Waals surface area contributed by atoms with Gasteiger partial charge in [-0.15, -0.1) is 0 Å². The second-order valence-corrected chi connectivity index (χ2v) is 1.18. The molecule has 0 spiro atoms. The third-order valence-electron chi connectivity index (χ3n) is 0.534. The molecule has 0 unspecified atom stereocenters.